The maximum Gasteiger partial charge on any atom is 0.293 e. The van der Waals surface area contributed by atoms with Crippen molar-refractivity contribution in [3.05, 3.63) is 64.7 Å². The van der Waals surface area contributed by atoms with Gasteiger partial charge in [-0.3, -0.25) is 19.0 Å². The van der Waals surface area contributed by atoms with Crippen LogP contribution >= 0.6 is 0 Å². The molecule has 0 unspecified atom stereocenters. The van der Waals surface area contributed by atoms with Crippen molar-refractivity contribution in [1.29, 1.82) is 0 Å². The number of pyridine rings is 1. The molecule has 3 heterocycles. The lowest BCUT2D eigenvalue weighted by molar-refractivity contribution is -0.116. The fourth-order valence-electron chi connectivity index (χ4n) is 1.88. The molecule has 0 spiro atoms. The van der Waals surface area contributed by atoms with Gasteiger partial charge in [0.15, 0.2) is 5.82 Å². The molecule has 0 aromatic carbocycles. The highest BCUT2D eigenvalue weighted by molar-refractivity contribution is 5.91. The molecule has 0 aliphatic rings. The standard InChI is InChI=1S/C14H12N6O2/c21-12(4-3-10-2-1-5-15-8-10)17-9-11-18-19-13-14(22)16-6-7-20(11)13/h1-8H,9H2,(H,16,22)(H,17,21)/b4-3-. The molecule has 8 heteroatoms. The van der Waals surface area contributed by atoms with E-state index in [9.17, 15) is 9.59 Å². The molecule has 0 bridgehead atoms. The minimum atomic E-state index is -0.330. The van der Waals surface area contributed by atoms with Crippen molar-refractivity contribution in [3.63, 3.8) is 0 Å². The van der Waals surface area contributed by atoms with Crippen LogP contribution in [0.4, 0.5) is 0 Å². The summed E-state index contributed by atoms with van der Waals surface area (Å²) in [6.07, 6.45) is 9.51. The number of rotatable bonds is 4. The second-order valence-corrected chi connectivity index (χ2v) is 4.44. The van der Waals surface area contributed by atoms with E-state index in [2.05, 4.69) is 25.5 Å². The maximum atomic E-state index is 11.8. The molecular weight excluding hydrogens is 284 g/mol. The Balaban J connectivity index is 1.67. The predicted octanol–water partition coefficient (Wildman–Crippen LogP) is 0.142. The van der Waals surface area contributed by atoms with Gasteiger partial charge in [-0.1, -0.05) is 6.07 Å². The highest BCUT2D eigenvalue weighted by Gasteiger charge is 2.08. The molecule has 1 amide bonds. The first kappa shape index (κ1) is 13.7. The van der Waals surface area contributed by atoms with E-state index >= 15 is 0 Å². The van der Waals surface area contributed by atoms with Crippen molar-refractivity contribution in [1.82, 2.24) is 29.9 Å². The van der Waals surface area contributed by atoms with E-state index in [1.807, 2.05) is 6.07 Å². The number of nitrogens with zero attached hydrogens (tertiary/aromatic N) is 4. The summed E-state index contributed by atoms with van der Waals surface area (Å²) in [5.41, 5.74) is 0.693. The van der Waals surface area contributed by atoms with E-state index < -0.39 is 0 Å². The van der Waals surface area contributed by atoms with Crippen molar-refractivity contribution < 1.29 is 4.79 Å². The summed E-state index contributed by atoms with van der Waals surface area (Å²) in [7, 11) is 0. The molecule has 3 aromatic heterocycles. The fraction of sp³-hybridized carbons (Fsp3) is 0.0714. The average Bonchev–Trinajstić information content (AvgIpc) is 2.96. The summed E-state index contributed by atoms with van der Waals surface area (Å²) in [6, 6.07) is 3.63. The van der Waals surface area contributed by atoms with Crippen LogP contribution in [-0.4, -0.2) is 30.5 Å². The minimum absolute atomic E-state index is 0.167. The zero-order valence-corrected chi connectivity index (χ0v) is 11.4. The molecule has 0 fully saturated rings. The van der Waals surface area contributed by atoms with E-state index in [4.69, 9.17) is 0 Å². The van der Waals surface area contributed by atoms with Crippen LogP contribution < -0.4 is 10.9 Å². The molecule has 8 nitrogen and oxygen atoms in total. The van der Waals surface area contributed by atoms with E-state index in [1.165, 1.54) is 16.7 Å². The first-order chi connectivity index (χ1) is 10.7. The molecule has 0 aliphatic carbocycles. The third-order valence-electron chi connectivity index (χ3n) is 2.94. The summed E-state index contributed by atoms with van der Waals surface area (Å²) in [6.45, 7) is 0.167. The van der Waals surface area contributed by atoms with Gasteiger partial charge in [-0.25, -0.2) is 0 Å². The molecule has 2 N–H and O–H groups in total. The SMILES string of the molecule is O=C(/C=C\c1cccnc1)NCc1nnc2c(=O)[nH]ccn12. The van der Waals surface area contributed by atoms with E-state index in [0.717, 1.165) is 5.56 Å². The van der Waals surface area contributed by atoms with E-state index in [-0.39, 0.29) is 23.7 Å². The molecule has 0 saturated heterocycles. The van der Waals surface area contributed by atoms with Gasteiger partial charge in [0, 0.05) is 30.9 Å². The van der Waals surface area contributed by atoms with Gasteiger partial charge < -0.3 is 10.3 Å². The van der Waals surface area contributed by atoms with Gasteiger partial charge in [-0.15, -0.1) is 10.2 Å². The highest BCUT2D eigenvalue weighted by atomic mass is 16.1. The van der Waals surface area contributed by atoms with Gasteiger partial charge in [0.05, 0.1) is 6.54 Å². The van der Waals surface area contributed by atoms with Crippen LogP contribution in [0.1, 0.15) is 11.4 Å². The topological polar surface area (TPSA) is 105 Å². The summed E-state index contributed by atoms with van der Waals surface area (Å²) in [4.78, 5) is 29.7. The van der Waals surface area contributed by atoms with Gasteiger partial charge in [0.1, 0.15) is 0 Å². The lowest BCUT2D eigenvalue weighted by Crippen LogP contribution is -2.22. The van der Waals surface area contributed by atoms with Crippen molar-refractivity contribution >= 4 is 17.6 Å². The summed E-state index contributed by atoms with van der Waals surface area (Å²) in [5.74, 6) is 0.203. The molecule has 22 heavy (non-hydrogen) atoms. The number of aromatic nitrogens is 5. The monoisotopic (exact) mass is 296 g/mol. The summed E-state index contributed by atoms with van der Waals surface area (Å²) >= 11 is 0. The molecule has 0 saturated carbocycles. The van der Waals surface area contributed by atoms with Crippen LogP contribution in [0.25, 0.3) is 11.7 Å². The Morgan fingerprint density at radius 2 is 2.32 bits per heavy atom. The number of carbonyl (C=O) groups excluding carboxylic acids is 1. The van der Waals surface area contributed by atoms with Crippen LogP contribution in [0.15, 0.2) is 47.8 Å². The number of amides is 1. The molecular formula is C14H12N6O2. The Morgan fingerprint density at radius 3 is 3.14 bits per heavy atom. The Bertz CT molecular complexity index is 881. The Morgan fingerprint density at radius 1 is 1.41 bits per heavy atom. The van der Waals surface area contributed by atoms with E-state index in [0.29, 0.717) is 5.82 Å². The average molecular weight is 296 g/mol. The van der Waals surface area contributed by atoms with Crippen LogP contribution in [0.2, 0.25) is 0 Å². The van der Waals surface area contributed by atoms with Crippen LogP contribution in [0.3, 0.4) is 0 Å². The summed E-state index contributed by atoms with van der Waals surface area (Å²) in [5, 5.41) is 10.4. The number of hydrogen-bond donors (Lipinski definition) is 2. The molecule has 0 aliphatic heterocycles. The molecule has 0 atom stereocenters. The largest absolute Gasteiger partial charge is 0.345 e. The number of nitrogens with one attached hydrogen (secondary N) is 2. The first-order valence-corrected chi connectivity index (χ1v) is 6.51. The zero-order valence-electron chi connectivity index (χ0n) is 11.4. The first-order valence-electron chi connectivity index (χ1n) is 6.51. The molecule has 110 valence electrons. The van der Waals surface area contributed by atoms with E-state index in [1.54, 1.807) is 30.7 Å². The van der Waals surface area contributed by atoms with Gasteiger partial charge in [0.2, 0.25) is 11.6 Å². The minimum Gasteiger partial charge on any atom is -0.345 e. The second kappa shape index (κ2) is 6.00. The quantitative estimate of drug-likeness (QED) is 0.666. The third kappa shape index (κ3) is 2.90. The molecule has 0 radical (unpaired) electrons. The van der Waals surface area contributed by atoms with Gasteiger partial charge in [-0.2, -0.15) is 0 Å². The fourth-order valence-corrected chi connectivity index (χ4v) is 1.88. The van der Waals surface area contributed by atoms with Crippen LogP contribution in [0.5, 0.6) is 0 Å². The molecule has 3 rings (SSSR count). The van der Waals surface area contributed by atoms with Crippen molar-refractivity contribution in [2.24, 2.45) is 0 Å². The van der Waals surface area contributed by atoms with Crippen molar-refractivity contribution in [2.45, 2.75) is 6.54 Å². The number of carbonyl (C=O) groups is 1. The van der Waals surface area contributed by atoms with Gasteiger partial charge in [0.25, 0.3) is 5.56 Å². The lowest BCUT2D eigenvalue weighted by Gasteiger charge is -2.00. The normalized spacial score (nSPS) is 11.1. The Hall–Kier alpha value is -3.29. The van der Waals surface area contributed by atoms with Gasteiger partial charge in [-0.05, 0) is 17.7 Å². The second-order valence-electron chi connectivity index (χ2n) is 4.44. The van der Waals surface area contributed by atoms with Crippen LogP contribution in [-0.2, 0) is 11.3 Å². The summed E-state index contributed by atoms with van der Waals surface area (Å²) < 4.78 is 1.53. The van der Waals surface area contributed by atoms with Crippen molar-refractivity contribution in [3.8, 4) is 0 Å². The number of aromatic amines is 1. The Kier molecular flexibility index (Phi) is 3.73. The predicted molar refractivity (Wildman–Crippen MR) is 78.7 cm³/mol. The smallest absolute Gasteiger partial charge is 0.293 e. The maximum absolute atomic E-state index is 11.8. The Labute approximate surface area is 124 Å². The number of hydrogen-bond acceptors (Lipinski definition) is 5. The zero-order chi connectivity index (χ0) is 15.4. The lowest BCUT2D eigenvalue weighted by atomic mass is 10.2. The van der Waals surface area contributed by atoms with Gasteiger partial charge >= 0.3 is 0 Å². The number of H-pyrrole nitrogens is 1. The number of fused-ring (bicyclic) bond motifs is 1. The highest BCUT2D eigenvalue weighted by Crippen LogP contribution is 1.99. The molecule has 3 aromatic rings. The van der Waals surface area contributed by atoms with Crippen molar-refractivity contribution in [2.75, 3.05) is 0 Å². The van der Waals surface area contributed by atoms with Crippen LogP contribution in [0, 0.1) is 0 Å². The third-order valence-corrected chi connectivity index (χ3v) is 2.94.